The minimum absolute atomic E-state index is 1.10. The van der Waals surface area contributed by atoms with Crippen molar-refractivity contribution in [1.82, 2.24) is 10.2 Å². The standard InChI is InChI=1S/C16H14N2S/c1-12-16(11-17-18-12)13-7-9-15(10-8-13)19-14-5-3-2-4-6-14/h2-11H,1H3,(H,17,18). The van der Waals surface area contributed by atoms with Crippen molar-refractivity contribution in [3.63, 3.8) is 0 Å². The highest BCUT2D eigenvalue weighted by atomic mass is 32.2. The fourth-order valence-electron chi connectivity index (χ4n) is 1.97. The molecule has 0 spiro atoms. The van der Waals surface area contributed by atoms with Gasteiger partial charge in [-0.2, -0.15) is 5.10 Å². The zero-order chi connectivity index (χ0) is 13.1. The Hall–Kier alpha value is -2.00. The van der Waals surface area contributed by atoms with Gasteiger partial charge in [0.05, 0.1) is 6.20 Å². The van der Waals surface area contributed by atoms with Crippen molar-refractivity contribution in [2.75, 3.05) is 0 Å². The van der Waals surface area contributed by atoms with Gasteiger partial charge in [-0.05, 0) is 36.8 Å². The van der Waals surface area contributed by atoms with Crippen LogP contribution >= 0.6 is 11.8 Å². The topological polar surface area (TPSA) is 28.7 Å². The molecule has 0 saturated carbocycles. The minimum atomic E-state index is 1.10. The molecule has 3 rings (SSSR count). The average Bonchev–Trinajstić information content (AvgIpc) is 2.87. The minimum Gasteiger partial charge on any atom is -0.282 e. The Balaban J connectivity index is 1.82. The molecule has 0 atom stereocenters. The van der Waals surface area contributed by atoms with Crippen LogP contribution < -0.4 is 0 Å². The molecule has 2 nitrogen and oxygen atoms in total. The largest absolute Gasteiger partial charge is 0.282 e. The zero-order valence-corrected chi connectivity index (χ0v) is 11.4. The predicted molar refractivity (Wildman–Crippen MR) is 79.3 cm³/mol. The van der Waals surface area contributed by atoms with E-state index in [1.54, 1.807) is 11.8 Å². The van der Waals surface area contributed by atoms with Crippen LogP contribution in [-0.2, 0) is 0 Å². The van der Waals surface area contributed by atoms with Gasteiger partial charge in [-0.25, -0.2) is 0 Å². The van der Waals surface area contributed by atoms with E-state index in [4.69, 9.17) is 0 Å². The third kappa shape index (κ3) is 2.71. The van der Waals surface area contributed by atoms with Crippen LogP contribution in [0.1, 0.15) is 5.69 Å². The summed E-state index contributed by atoms with van der Waals surface area (Å²) in [6.45, 7) is 2.04. The molecule has 19 heavy (non-hydrogen) atoms. The molecule has 1 heterocycles. The average molecular weight is 266 g/mol. The first-order valence-corrected chi connectivity index (χ1v) is 6.98. The monoisotopic (exact) mass is 266 g/mol. The second-order valence-corrected chi connectivity index (χ2v) is 5.50. The van der Waals surface area contributed by atoms with Gasteiger partial charge < -0.3 is 0 Å². The Morgan fingerprint density at radius 1 is 0.895 bits per heavy atom. The van der Waals surface area contributed by atoms with Crippen LogP contribution in [0.5, 0.6) is 0 Å². The lowest BCUT2D eigenvalue weighted by molar-refractivity contribution is 1.05. The predicted octanol–water partition coefficient (Wildman–Crippen LogP) is 4.54. The number of nitrogens with zero attached hydrogens (tertiary/aromatic N) is 1. The highest BCUT2D eigenvalue weighted by Gasteiger charge is 2.04. The summed E-state index contributed by atoms with van der Waals surface area (Å²) in [7, 11) is 0. The number of hydrogen-bond donors (Lipinski definition) is 1. The van der Waals surface area contributed by atoms with E-state index in [0.717, 1.165) is 11.3 Å². The van der Waals surface area contributed by atoms with Crippen LogP contribution in [0.4, 0.5) is 0 Å². The van der Waals surface area contributed by atoms with Gasteiger partial charge in [0.25, 0.3) is 0 Å². The molecule has 0 saturated heterocycles. The smallest absolute Gasteiger partial charge is 0.0568 e. The lowest BCUT2D eigenvalue weighted by atomic mass is 10.1. The summed E-state index contributed by atoms with van der Waals surface area (Å²) in [5.74, 6) is 0. The summed E-state index contributed by atoms with van der Waals surface area (Å²) in [4.78, 5) is 2.51. The number of H-pyrrole nitrogens is 1. The van der Waals surface area contributed by atoms with E-state index in [2.05, 4.69) is 58.7 Å². The molecule has 2 aromatic carbocycles. The zero-order valence-electron chi connectivity index (χ0n) is 10.6. The van der Waals surface area contributed by atoms with Gasteiger partial charge in [-0.3, -0.25) is 5.10 Å². The molecule has 3 aromatic rings. The van der Waals surface area contributed by atoms with Crippen molar-refractivity contribution < 1.29 is 0 Å². The molecule has 0 aliphatic rings. The number of aryl methyl sites for hydroxylation is 1. The molecular formula is C16H14N2S. The second kappa shape index (κ2) is 5.33. The van der Waals surface area contributed by atoms with Crippen LogP contribution in [0.15, 0.2) is 70.6 Å². The Morgan fingerprint density at radius 2 is 1.58 bits per heavy atom. The van der Waals surface area contributed by atoms with E-state index in [-0.39, 0.29) is 0 Å². The summed E-state index contributed by atoms with van der Waals surface area (Å²) in [6, 6.07) is 19.0. The van der Waals surface area contributed by atoms with Crippen LogP contribution in [-0.4, -0.2) is 10.2 Å². The number of aromatic nitrogens is 2. The molecule has 0 amide bonds. The normalized spacial score (nSPS) is 10.6. The van der Waals surface area contributed by atoms with Crippen LogP contribution in [0, 0.1) is 6.92 Å². The van der Waals surface area contributed by atoms with Crippen molar-refractivity contribution in [2.24, 2.45) is 0 Å². The second-order valence-electron chi connectivity index (χ2n) is 4.35. The lowest BCUT2D eigenvalue weighted by Crippen LogP contribution is -1.79. The molecule has 1 N–H and O–H groups in total. The molecule has 0 aliphatic carbocycles. The lowest BCUT2D eigenvalue weighted by Gasteiger charge is -2.03. The first kappa shape index (κ1) is 12.1. The Morgan fingerprint density at radius 3 is 2.21 bits per heavy atom. The SMILES string of the molecule is Cc1[nH]ncc1-c1ccc(Sc2ccccc2)cc1. The van der Waals surface area contributed by atoms with Gasteiger partial charge in [-0.15, -0.1) is 0 Å². The molecule has 0 aliphatic heterocycles. The number of aromatic amines is 1. The van der Waals surface area contributed by atoms with E-state index >= 15 is 0 Å². The first-order chi connectivity index (χ1) is 9.33. The Kier molecular flexibility index (Phi) is 3.38. The Labute approximate surface area is 116 Å². The van der Waals surface area contributed by atoms with Crippen molar-refractivity contribution in [2.45, 2.75) is 16.7 Å². The molecular weight excluding hydrogens is 252 g/mol. The summed E-state index contributed by atoms with van der Waals surface area (Å²) in [5.41, 5.74) is 3.46. The van der Waals surface area contributed by atoms with Crippen LogP contribution in [0.2, 0.25) is 0 Å². The third-order valence-electron chi connectivity index (χ3n) is 2.97. The van der Waals surface area contributed by atoms with Crippen molar-refractivity contribution in [3.05, 3.63) is 66.5 Å². The van der Waals surface area contributed by atoms with Crippen LogP contribution in [0.25, 0.3) is 11.1 Å². The highest BCUT2D eigenvalue weighted by molar-refractivity contribution is 7.99. The summed E-state index contributed by atoms with van der Waals surface area (Å²) in [5, 5.41) is 7.02. The number of nitrogens with one attached hydrogen (secondary N) is 1. The number of hydrogen-bond acceptors (Lipinski definition) is 2. The van der Waals surface area contributed by atoms with E-state index in [1.165, 1.54) is 15.4 Å². The first-order valence-electron chi connectivity index (χ1n) is 6.16. The quantitative estimate of drug-likeness (QED) is 0.754. The van der Waals surface area contributed by atoms with Gasteiger partial charge in [0, 0.05) is 21.0 Å². The van der Waals surface area contributed by atoms with Gasteiger partial charge in [0.15, 0.2) is 0 Å². The fraction of sp³-hybridized carbons (Fsp3) is 0.0625. The van der Waals surface area contributed by atoms with Crippen LogP contribution in [0.3, 0.4) is 0 Å². The van der Waals surface area contributed by atoms with Crippen molar-refractivity contribution >= 4 is 11.8 Å². The molecule has 0 unspecified atom stereocenters. The third-order valence-corrected chi connectivity index (χ3v) is 3.99. The maximum Gasteiger partial charge on any atom is 0.0568 e. The fourth-order valence-corrected chi connectivity index (χ4v) is 2.81. The Bertz CT molecular complexity index is 657. The van der Waals surface area contributed by atoms with Gasteiger partial charge in [0.2, 0.25) is 0 Å². The van der Waals surface area contributed by atoms with E-state index in [1.807, 2.05) is 19.2 Å². The number of rotatable bonds is 3. The van der Waals surface area contributed by atoms with Gasteiger partial charge in [0.1, 0.15) is 0 Å². The molecule has 0 fully saturated rings. The molecule has 3 heteroatoms. The highest BCUT2D eigenvalue weighted by Crippen LogP contribution is 2.29. The van der Waals surface area contributed by atoms with Gasteiger partial charge in [-0.1, -0.05) is 42.1 Å². The van der Waals surface area contributed by atoms with E-state index < -0.39 is 0 Å². The summed E-state index contributed by atoms with van der Waals surface area (Å²) >= 11 is 1.77. The van der Waals surface area contributed by atoms with E-state index in [0.29, 0.717) is 0 Å². The van der Waals surface area contributed by atoms with Crippen molar-refractivity contribution in [1.29, 1.82) is 0 Å². The molecule has 1 aromatic heterocycles. The number of benzene rings is 2. The van der Waals surface area contributed by atoms with Gasteiger partial charge >= 0.3 is 0 Å². The molecule has 0 radical (unpaired) electrons. The molecule has 0 bridgehead atoms. The molecule has 94 valence electrons. The summed E-state index contributed by atoms with van der Waals surface area (Å²) in [6.07, 6.45) is 1.87. The van der Waals surface area contributed by atoms with E-state index in [9.17, 15) is 0 Å². The van der Waals surface area contributed by atoms with Crippen molar-refractivity contribution in [3.8, 4) is 11.1 Å². The maximum absolute atomic E-state index is 4.06. The summed E-state index contributed by atoms with van der Waals surface area (Å²) < 4.78 is 0. The maximum atomic E-state index is 4.06.